The fourth-order valence-corrected chi connectivity index (χ4v) is 4.81. The quantitative estimate of drug-likeness (QED) is 0.413. The van der Waals surface area contributed by atoms with Gasteiger partial charge < -0.3 is 9.64 Å². The van der Waals surface area contributed by atoms with Crippen molar-refractivity contribution in [2.24, 2.45) is 0 Å². The van der Waals surface area contributed by atoms with Gasteiger partial charge in [-0.2, -0.15) is 0 Å². The first kappa shape index (κ1) is 20.1. The number of hydrogen-bond donors (Lipinski definition) is 0. The van der Waals surface area contributed by atoms with Crippen LogP contribution in [0.15, 0.2) is 82.7 Å². The molecule has 0 spiro atoms. The van der Waals surface area contributed by atoms with Gasteiger partial charge in [-0.1, -0.05) is 11.6 Å². The van der Waals surface area contributed by atoms with Crippen molar-refractivity contribution < 1.29 is 22.3 Å². The Morgan fingerprint density at radius 3 is 2.30 bits per heavy atom. The third-order valence-electron chi connectivity index (χ3n) is 4.69. The summed E-state index contributed by atoms with van der Waals surface area (Å²) in [7, 11) is -2.64. The topological polar surface area (TPSA) is 63.7 Å². The van der Waals surface area contributed by atoms with Crippen LogP contribution in [0.2, 0.25) is 5.02 Å². The Labute approximate surface area is 177 Å². The van der Waals surface area contributed by atoms with Crippen molar-refractivity contribution >= 4 is 38.6 Å². The molecular weight excluding hydrogens is 429 g/mol. The minimum absolute atomic E-state index is 0.118. The molecule has 0 unspecified atom stereocenters. The summed E-state index contributed by atoms with van der Waals surface area (Å²) in [6.45, 7) is 0. The summed E-state index contributed by atoms with van der Waals surface area (Å²) in [5.41, 5.74) is 0.834. The number of benzene rings is 3. The summed E-state index contributed by atoms with van der Waals surface area (Å²) in [4.78, 5) is 14.0. The number of carbonyl (C=O) groups is 1. The van der Waals surface area contributed by atoms with Crippen LogP contribution in [0.3, 0.4) is 0 Å². The van der Waals surface area contributed by atoms with Crippen LogP contribution in [-0.2, 0) is 9.84 Å². The van der Waals surface area contributed by atoms with Crippen molar-refractivity contribution in [2.45, 2.75) is 4.90 Å². The third-order valence-corrected chi connectivity index (χ3v) is 6.73. The molecule has 0 aromatic heterocycles. The zero-order valence-corrected chi connectivity index (χ0v) is 17.2. The molecule has 4 rings (SSSR count). The standard InChI is InChI=1S/C22H15ClFNO4S/c1-29-18-9-7-17(8-10-18)25-13-21(22(26)14-2-4-15(23)5-3-14)30(27,28)20-11-6-16(24)12-19(20)25/h2-13H,1H3. The lowest BCUT2D eigenvalue weighted by molar-refractivity contribution is 0.104. The van der Waals surface area contributed by atoms with Crippen molar-refractivity contribution in [3.8, 4) is 5.75 Å². The van der Waals surface area contributed by atoms with Gasteiger partial charge in [0.25, 0.3) is 0 Å². The minimum Gasteiger partial charge on any atom is -0.497 e. The number of hydrogen-bond acceptors (Lipinski definition) is 5. The Bertz CT molecular complexity index is 1270. The molecule has 1 aliphatic rings. The van der Waals surface area contributed by atoms with E-state index in [9.17, 15) is 17.6 Å². The molecule has 0 saturated heterocycles. The van der Waals surface area contributed by atoms with Crippen LogP contribution in [-0.4, -0.2) is 21.3 Å². The molecule has 0 radical (unpaired) electrons. The number of anilines is 2. The van der Waals surface area contributed by atoms with E-state index < -0.39 is 26.3 Å². The Morgan fingerprint density at radius 1 is 1.00 bits per heavy atom. The lowest BCUT2D eigenvalue weighted by Gasteiger charge is -2.29. The number of sulfone groups is 1. The average molecular weight is 444 g/mol. The maximum absolute atomic E-state index is 14.0. The Morgan fingerprint density at radius 2 is 1.67 bits per heavy atom. The van der Waals surface area contributed by atoms with Gasteiger partial charge in [-0.15, -0.1) is 0 Å². The molecule has 0 N–H and O–H groups in total. The molecule has 5 nitrogen and oxygen atoms in total. The van der Waals surface area contributed by atoms with Crippen molar-refractivity contribution in [2.75, 3.05) is 12.0 Å². The summed E-state index contributed by atoms with van der Waals surface area (Å²) >= 11 is 5.87. The molecule has 1 aliphatic heterocycles. The molecule has 0 aliphatic carbocycles. The zero-order valence-electron chi connectivity index (χ0n) is 15.7. The normalized spacial score (nSPS) is 14.6. The second-order valence-corrected chi connectivity index (χ2v) is 8.84. The van der Waals surface area contributed by atoms with E-state index in [2.05, 4.69) is 0 Å². The van der Waals surface area contributed by atoms with Gasteiger partial charge in [0.15, 0.2) is 0 Å². The molecule has 0 amide bonds. The first-order valence-electron chi connectivity index (χ1n) is 8.81. The molecule has 0 bridgehead atoms. The van der Waals surface area contributed by atoms with Gasteiger partial charge in [-0.05, 0) is 66.7 Å². The van der Waals surface area contributed by atoms with E-state index in [0.29, 0.717) is 16.5 Å². The molecule has 0 atom stereocenters. The van der Waals surface area contributed by atoms with E-state index in [4.69, 9.17) is 16.3 Å². The molecule has 1 heterocycles. The lowest BCUT2D eigenvalue weighted by atomic mass is 10.1. The predicted octanol–water partition coefficient (Wildman–Crippen LogP) is 5.14. The molecule has 0 saturated carbocycles. The monoisotopic (exact) mass is 443 g/mol. The number of Topliss-reactive ketones (excluding diaryl/α,β-unsaturated/α-hetero) is 1. The van der Waals surface area contributed by atoms with Crippen molar-refractivity contribution in [1.82, 2.24) is 0 Å². The summed E-state index contributed by atoms with van der Waals surface area (Å²) in [5.74, 6) is -0.673. The zero-order chi connectivity index (χ0) is 21.5. The summed E-state index contributed by atoms with van der Waals surface area (Å²) in [6, 6.07) is 16.0. The third kappa shape index (κ3) is 3.46. The van der Waals surface area contributed by atoms with Crippen LogP contribution < -0.4 is 9.64 Å². The molecule has 30 heavy (non-hydrogen) atoms. The molecule has 3 aromatic rings. The van der Waals surface area contributed by atoms with E-state index in [0.717, 1.165) is 12.1 Å². The smallest absolute Gasteiger partial charge is 0.214 e. The van der Waals surface area contributed by atoms with Crippen molar-refractivity contribution in [3.05, 3.63) is 94.2 Å². The van der Waals surface area contributed by atoms with Gasteiger partial charge in [0, 0.05) is 22.5 Å². The highest BCUT2D eigenvalue weighted by Crippen LogP contribution is 2.41. The van der Waals surface area contributed by atoms with E-state index in [1.54, 1.807) is 24.3 Å². The van der Waals surface area contributed by atoms with Crippen LogP contribution in [0.4, 0.5) is 15.8 Å². The second-order valence-electron chi connectivity index (χ2n) is 6.51. The minimum atomic E-state index is -4.17. The predicted molar refractivity (Wildman–Crippen MR) is 113 cm³/mol. The van der Waals surface area contributed by atoms with Gasteiger partial charge in [0.05, 0.1) is 17.7 Å². The second kappa shape index (κ2) is 7.59. The van der Waals surface area contributed by atoms with Gasteiger partial charge in [0.1, 0.15) is 16.5 Å². The first-order chi connectivity index (χ1) is 14.3. The number of methoxy groups -OCH3 is 1. The van der Waals surface area contributed by atoms with Gasteiger partial charge in [0.2, 0.25) is 15.6 Å². The molecule has 0 fully saturated rings. The lowest BCUT2D eigenvalue weighted by Crippen LogP contribution is -2.26. The SMILES string of the molecule is COc1ccc(N2C=C(C(=O)c3ccc(Cl)cc3)S(=O)(=O)c3ccc(F)cc32)cc1. The largest absolute Gasteiger partial charge is 0.497 e. The molecule has 3 aromatic carbocycles. The van der Waals surface area contributed by atoms with Gasteiger partial charge in [-0.3, -0.25) is 4.79 Å². The summed E-state index contributed by atoms with van der Waals surface area (Å²) in [5, 5.41) is 0.424. The number of carbonyl (C=O) groups excluding carboxylic acids is 1. The fraction of sp³-hybridized carbons (Fsp3) is 0.0455. The average Bonchev–Trinajstić information content (AvgIpc) is 2.74. The van der Waals surface area contributed by atoms with Crippen molar-refractivity contribution in [3.63, 3.8) is 0 Å². The number of ketones is 1. The molecular formula is C22H15ClFNO4S. The van der Waals surface area contributed by atoms with E-state index in [1.807, 2.05) is 0 Å². The van der Waals surface area contributed by atoms with Crippen LogP contribution in [0.5, 0.6) is 5.75 Å². The van der Waals surface area contributed by atoms with Crippen molar-refractivity contribution in [1.29, 1.82) is 0 Å². The van der Waals surface area contributed by atoms with Gasteiger partial charge >= 0.3 is 0 Å². The van der Waals surface area contributed by atoms with E-state index >= 15 is 0 Å². The molecule has 8 heteroatoms. The highest BCUT2D eigenvalue weighted by molar-refractivity contribution is 7.96. The molecule has 152 valence electrons. The number of rotatable bonds is 4. The summed E-state index contributed by atoms with van der Waals surface area (Å²) in [6.07, 6.45) is 1.22. The number of halogens is 2. The Hall–Kier alpha value is -3.16. The van der Waals surface area contributed by atoms with Crippen LogP contribution in [0.25, 0.3) is 0 Å². The number of ether oxygens (including phenoxy) is 1. The number of nitrogens with zero attached hydrogens (tertiary/aromatic N) is 1. The van der Waals surface area contributed by atoms with E-state index in [1.165, 1.54) is 48.5 Å². The first-order valence-corrected chi connectivity index (χ1v) is 10.7. The summed E-state index contributed by atoms with van der Waals surface area (Å²) < 4.78 is 45.5. The Kier molecular flexibility index (Phi) is 5.09. The highest BCUT2D eigenvalue weighted by Gasteiger charge is 2.36. The fourth-order valence-electron chi connectivity index (χ4n) is 3.16. The van der Waals surface area contributed by atoms with Crippen LogP contribution >= 0.6 is 11.6 Å². The van der Waals surface area contributed by atoms with Gasteiger partial charge in [-0.25, -0.2) is 12.8 Å². The maximum atomic E-state index is 14.0. The van der Waals surface area contributed by atoms with Crippen LogP contribution in [0.1, 0.15) is 10.4 Å². The number of fused-ring (bicyclic) bond motifs is 1. The van der Waals surface area contributed by atoms with Crippen LogP contribution in [0, 0.1) is 5.82 Å². The van der Waals surface area contributed by atoms with E-state index in [-0.39, 0.29) is 16.1 Å². The highest BCUT2D eigenvalue weighted by atomic mass is 35.5. The number of allylic oxidation sites excluding steroid dienone is 1. The Balaban J connectivity index is 1.90. The maximum Gasteiger partial charge on any atom is 0.214 e.